The van der Waals surface area contributed by atoms with Crippen LogP contribution in [0.15, 0.2) is 4.99 Å². The minimum atomic E-state index is 0.530. The molecule has 2 rings (SSSR count). The Hall–Kier alpha value is -0.180. The van der Waals surface area contributed by atoms with Gasteiger partial charge in [-0.05, 0) is 37.0 Å². The van der Waals surface area contributed by atoms with Gasteiger partial charge in [-0.3, -0.25) is 4.99 Å². The average Bonchev–Trinajstić information content (AvgIpc) is 2.72. The minimum absolute atomic E-state index is 0.530. The van der Waals surface area contributed by atoms with Crippen LogP contribution >= 0.6 is 11.8 Å². The summed E-state index contributed by atoms with van der Waals surface area (Å²) in [6, 6.07) is 1.20. The van der Waals surface area contributed by atoms with E-state index in [0.29, 0.717) is 18.0 Å². The van der Waals surface area contributed by atoms with Crippen molar-refractivity contribution in [2.75, 3.05) is 5.75 Å². The molecule has 1 aliphatic heterocycles. The second-order valence-electron chi connectivity index (χ2n) is 6.17. The summed E-state index contributed by atoms with van der Waals surface area (Å²) in [4.78, 5) is 4.79. The first-order valence-corrected chi connectivity index (χ1v) is 8.02. The van der Waals surface area contributed by atoms with E-state index >= 15 is 0 Å². The average molecular weight is 254 g/mol. The van der Waals surface area contributed by atoms with Crippen molar-refractivity contribution in [2.24, 2.45) is 22.7 Å². The van der Waals surface area contributed by atoms with Crippen molar-refractivity contribution in [1.82, 2.24) is 5.32 Å². The monoisotopic (exact) mass is 254 g/mol. The maximum Gasteiger partial charge on any atom is 0.157 e. The smallest absolute Gasteiger partial charge is 0.157 e. The fourth-order valence-electron chi connectivity index (χ4n) is 2.66. The van der Waals surface area contributed by atoms with E-state index in [0.717, 1.165) is 11.8 Å². The molecule has 0 amide bonds. The lowest BCUT2D eigenvalue weighted by Gasteiger charge is -2.32. The van der Waals surface area contributed by atoms with Crippen LogP contribution in [0.4, 0.5) is 0 Å². The summed E-state index contributed by atoms with van der Waals surface area (Å²) in [5.41, 5.74) is 0. The summed E-state index contributed by atoms with van der Waals surface area (Å²) in [5.74, 6) is 3.59. The van der Waals surface area contributed by atoms with Gasteiger partial charge in [0.05, 0.1) is 6.04 Å². The molecule has 2 aliphatic rings. The van der Waals surface area contributed by atoms with E-state index < -0.39 is 0 Å². The van der Waals surface area contributed by atoms with Gasteiger partial charge in [-0.2, -0.15) is 0 Å². The van der Waals surface area contributed by atoms with Crippen LogP contribution in [-0.2, 0) is 0 Å². The first-order valence-electron chi connectivity index (χ1n) is 7.03. The van der Waals surface area contributed by atoms with Crippen molar-refractivity contribution in [3.8, 4) is 0 Å². The second-order valence-corrected chi connectivity index (χ2v) is 7.17. The van der Waals surface area contributed by atoms with E-state index in [9.17, 15) is 0 Å². The Morgan fingerprint density at radius 2 is 2.00 bits per heavy atom. The molecule has 1 N–H and O–H groups in total. The SMILES string of the molecule is CC(C)C1CSC(NC2CCC(C)C(C)C2)=N1. The van der Waals surface area contributed by atoms with Gasteiger partial charge < -0.3 is 5.32 Å². The molecule has 1 fully saturated rings. The maximum absolute atomic E-state index is 4.79. The van der Waals surface area contributed by atoms with Gasteiger partial charge in [0.25, 0.3) is 0 Å². The largest absolute Gasteiger partial charge is 0.362 e. The second kappa shape index (κ2) is 5.64. The van der Waals surface area contributed by atoms with Gasteiger partial charge in [0, 0.05) is 11.8 Å². The fraction of sp³-hybridized carbons (Fsp3) is 0.929. The first-order chi connectivity index (χ1) is 8.06. The summed E-state index contributed by atoms with van der Waals surface area (Å²) < 4.78 is 0. The molecule has 3 heteroatoms. The number of thioether (sulfide) groups is 1. The highest BCUT2D eigenvalue weighted by Gasteiger charge is 2.27. The van der Waals surface area contributed by atoms with Crippen LogP contribution in [-0.4, -0.2) is 23.0 Å². The molecule has 1 heterocycles. The van der Waals surface area contributed by atoms with Crippen molar-refractivity contribution >= 4 is 16.9 Å². The van der Waals surface area contributed by atoms with Crippen molar-refractivity contribution in [3.05, 3.63) is 0 Å². The highest BCUT2D eigenvalue weighted by atomic mass is 32.2. The van der Waals surface area contributed by atoms with E-state index in [-0.39, 0.29) is 0 Å². The van der Waals surface area contributed by atoms with Gasteiger partial charge in [-0.1, -0.05) is 39.5 Å². The number of rotatable bonds is 2. The fourth-order valence-corrected chi connectivity index (χ4v) is 3.91. The molecule has 0 aromatic heterocycles. The third-order valence-electron chi connectivity index (χ3n) is 4.37. The molecule has 0 saturated heterocycles. The number of amidine groups is 1. The Kier molecular flexibility index (Phi) is 4.40. The molecule has 4 atom stereocenters. The van der Waals surface area contributed by atoms with Crippen LogP contribution in [0.25, 0.3) is 0 Å². The first kappa shape index (κ1) is 13.3. The Balaban J connectivity index is 1.84. The zero-order valence-corrected chi connectivity index (χ0v) is 12.4. The highest BCUT2D eigenvalue weighted by molar-refractivity contribution is 8.14. The van der Waals surface area contributed by atoms with Crippen LogP contribution in [0.1, 0.15) is 47.0 Å². The van der Waals surface area contributed by atoms with Gasteiger partial charge in [-0.15, -0.1) is 0 Å². The lowest BCUT2D eigenvalue weighted by atomic mass is 9.79. The van der Waals surface area contributed by atoms with Crippen LogP contribution < -0.4 is 5.32 Å². The zero-order valence-electron chi connectivity index (χ0n) is 11.6. The molecule has 0 aromatic carbocycles. The molecule has 0 aromatic rings. The lowest BCUT2D eigenvalue weighted by molar-refractivity contribution is 0.241. The minimum Gasteiger partial charge on any atom is -0.362 e. The molecular weight excluding hydrogens is 228 g/mol. The third-order valence-corrected chi connectivity index (χ3v) is 5.37. The van der Waals surface area contributed by atoms with Gasteiger partial charge in [0.15, 0.2) is 5.17 Å². The van der Waals surface area contributed by atoms with E-state index in [2.05, 4.69) is 33.0 Å². The highest BCUT2D eigenvalue weighted by Crippen LogP contribution is 2.30. The lowest BCUT2D eigenvalue weighted by Crippen LogP contribution is -2.38. The Labute approximate surface area is 110 Å². The molecule has 0 bridgehead atoms. The summed E-state index contributed by atoms with van der Waals surface area (Å²) in [6.07, 6.45) is 3.99. The van der Waals surface area contributed by atoms with Crippen LogP contribution in [0.5, 0.6) is 0 Å². The molecule has 0 spiro atoms. The van der Waals surface area contributed by atoms with Crippen LogP contribution in [0.2, 0.25) is 0 Å². The third kappa shape index (κ3) is 3.40. The molecule has 98 valence electrons. The van der Waals surface area contributed by atoms with Crippen molar-refractivity contribution in [3.63, 3.8) is 0 Å². The Morgan fingerprint density at radius 1 is 1.24 bits per heavy atom. The number of hydrogen-bond acceptors (Lipinski definition) is 3. The van der Waals surface area contributed by atoms with E-state index in [4.69, 9.17) is 4.99 Å². The van der Waals surface area contributed by atoms with Crippen molar-refractivity contribution in [1.29, 1.82) is 0 Å². The van der Waals surface area contributed by atoms with Gasteiger partial charge in [-0.25, -0.2) is 0 Å². The Bertz CT molecular complexity index is 288. The standard InChI is InChI=1S/C14H26N2S/c1-9(2)13-8-17-14(16-13)15-12-6-5-10(3)11(4)7-12/h9-13H,5-8H2,1-4H3,(H,15,16). The maximum atomic E-state index is 4.79. The van der Waals surface area contributed by atoms with Crippen molar-refractivity contribution in [2.45, 2.75) is 59.0 Å². The van der Waals surface area contributed by atoms with Gasteiger partial charge in [0.1, 0.15) is 0 Å². The summed E-state index contributed by atoms with van der Waals surface area (Å²) in [6.45, 7) is 9.31. The molecule has 0 radical (unpaired) electrons. The van der Waals surface area contributed by atoms with Crippen LogP contribution in [0.3, 0.4) is 0 Å². The van der Waals surface area contributed by atoms with Gasteiger partial charge >= 0.3 is 0 Å². The molecular formula is C14H26N2S. The normalized spacial score (nSPS) is 38.3. The van der Waals surface area contributed by atoms with E-state index in [1.807, 2.05) is 11.8 Å². The topological polar surface area (TPSA) is 24.4 Å². The summed E-state index contributed by atoms with van der Waals surface area (Å²) in [5, 5.41) is 4.87. The van der Waals surface area contributed by atoms with E-state index in [1.54, 1.807) is 0 Å². The number of hydrogen-bond donors (Lipinski definition) is 1. The predicted octanol–water partition coefficient (Wildman–Crippen LogP) is 3.53. The molecule has 4 unspecified atom stereocenters. The van der Waals surface area contributed by atoms with E-state index in [1.165, 1.54) is 30.2 Å². The van der Waals surface area contributed by atoms with Gasteiger partial charge in [0.2, 0.25) is 0 Å². The molecule has 2 nitrogen and oxygen atoms in total. The zero-order chi connectivity index (χ0) is 12.4. The van der Waals surface area contributed by atoms with Crippen molar-refractivity contribution < 1.29 is 0 Å². The summed E-state index contributed by atoms with van der Waals surface area (Å²) >= 11 is 1.91. The van der Waals surface area contributed by atoms with Crippen LogP contribution in [0, 0.1) is 17.8 Å². The molecule has 17 heavy (non-hydrogen) atoms. The molecule has 1 saturated carbocycles. The number of nitrogens with zero attached hydrogens (tertiary/aromatic N) is 1. The Morgan fingerprint density at radius 3 is 2.59 bits per heavy atom. The number of aliphatic imine (C=N–C) groups is 1. The molecule has 1 aliphatic carbocycles. The quantitative estimate of drug-likeness (QED) is 0.815. The summed E-state index contributed by atoms with van der Waals surface area (Å²) in [7, 11) is 0. The number of nitrogens with one attached hydrogen (secondary N) is 1. The predicted molar refractivity (Wildman–Crippen MR) is 77.6 cm³/mol.